The summed E-state index contributed by atoms with van der Waals surface area (Å²) in [6, 6.07) is 24.9. The molecule has 3 aromatic carbocycles. The number of piperazine rings is 1. The Hall–Kier alpha value is -3.97. The van der Waals surface area contributed by atoms with Crippen LogP contribution in [-0.4, -0.2) is 67.0 Å². The molecule has 7 heteroatoms. The molecule has 5 rings (SSSR count). The summed E-state index contributed by atoms with van der Waals surface area (Å²) < 4.78 is 19.4. The summed E-state index contributed by atoms with van der Waals surface area (Å²) in [6.07, 6.45) is 3.04. The van der Waals surface area contributed by atoms with Gasteiger partial charge in [-0.25, -0.2) is 4.39 Å². The van der Waals surface area contributed by atoms with Crippen molar-refractivity contribution in [2.45, 2.75) is 44.7 Å². The van der Waals surface area contributed by atoms with Crippen molar-refractivity contribution in [1.82, 2.24) is 15.1 Å². The van der Waals surface area contributed by atoms with Crippen molar-refractivity contribution in [2.75, 3.05) is 33.3 Å². The molecule has 1 N–H and O–H groups in total. The lowest BCUT2D eigenvalue weighted by Crippen LogP contribution is -2.61. The van der Waals surface area contributed by atoms with Gasteiger partial charge in [-0.3, -0.25) is 9.59 Å². The summed E-state index contributed by atoms with van der Waals surface area (Å²) in [4.78, 5) is 29.9. The molecule has 0 saturated carbocycles. The Bertz CT molecular complexity index is 1390. The Morgan fingerprint density at radius 2 is 1.66 bits per heavy atom. The summed E-state index contributed by atoms with van der Waals surface area (Å²) in [5.74, 6) is -0.0240. The van der Waals surface area contributed by atoms with Crippen LogP contribution in [0.5, 0.6) is 5.75 Å². The van der Waals surface area contributed by atoms with E-state index >= 15 is 0 Å². The zero-order chi connectivity index (χ0) is 28.8. The van der Waals surface area contributed by atoms with E-state index in [4.69, 9.17) is 4.74 Å². The lowest BCUT2D eigenvalue weighted by Gasteiger charge is -2.44. The largest absolute Gasteiger partial charge is 0.491 e. The average molecular weight is 556 g/mol. The number of carbonyl (C=O) groups is 2. The van der Waals surface area contributed by atoms with Crippen LogP contribution in [0.3, 0.4) is 0 Å². The fraction of sp³-hybridized carbons (Fsp3) is 0.353. The minimum absolute atomic E-state index is 0.00616. The first-order valence-corrected chi connectivity index (χ1v) is 14.4. The predicted molar refractivity (Wildman–Crippen MR) is 159 cm³/mol. The number of nitrogens with one attached hydrogen (secondary N) is 1. The van der Waals surface area contributed by atoms with Crippen LogP contribution < -0.4 is 10.1 Å². The Balaban J connectivity index is 1.31. The third kappa shape index (κ3) is 7.03. The van der Waals surface area contributed by atoms with Crippen LogP contribution in [0, 0.1) is 5.82 Å². The number of benzene rings is 3. The number of ether oxygens (including phenoxy) is 1. The molecule has 1 unspecified atom stereocenters. The highest BCUT2D eigenvalue weighted by molar-refractivity contribution is 6.03. The summed E-state index contributed by atoms with van der Waals surface area (Å²) in [5.41, 5.74) is 5.22. The number of nitrogens with zero attached hydrogens (tertiary/aromatic N) is 2. The van der Waals surface area contributed by atoms with Gasteiger partial charge >= 0.3 is 0 Å². The van der Waals surface area contributed by atoms with Crippen molar-refractivity contribution in [2.24, 2.45) is 0 Å². The predicted octanol–water partition coefficient (Wildman–Crippen LogP) is 4.88. The van der Waals surface area contributed by atoms with E-state index in [0.717, 1.165) is 41.5 Å². The van der Waals surface area contributed by atoms with Crippen LogP contribution in [0.1, 0.15) is 36.5 Å². The normalized spacial score (nSPS) is 18.3. The number of amides is 2. The second-order valence-electron chi connectivity index (χ2n) is 11.0. The maximum atomic E-state index is 13.9. The molecule has 2 aliphatic heterocycles. The molecule has 2 aliphatic rings. The van der Waals surface area contributed by atoms with Crippen molar-refractivity contribution in [3.05, 3.63) is 107 Å². The van der Waals surface area contributed by atoms with Crippen LogP contribution >= 0.6 is 0 Å². The minimum Gasteiger partial charge on any atom is -0.491 e. The first-order chi connectivity index (χ1) is 19.9. The Kier molecular flexibility index (Phi) is 9.14. The number of hydrogen-bond acceptors (Lipinski definition) is 4. The monoisotopic (exact) mass is 555 g/mol. The van der Waals surface area contributed by atoms with Gasteiger partial charge in [0, 0.05) is 45.2 Å². The average Bonchev–Trinajstić information content (AvgIpc) is 2.99. The molecule has 6 nitrogen and oxygen atoms in total. The molecule has 1 fully saturated rings. The van der Waals surface area contributed by atoms with Crippen LogP contribution in [-0.2, 0) is 22.4 Å². The summed E-state index contributed by atoms with van der Waals surface area (Å²) in [7, 11) is 1.86. The highest BCUT2D eigenvalue weighted by Gasteiger charge is 2.39. The van der Waals surface area contributed by atoms with Crippen LogP contribution in [0.2, 0.25) is 0 Å². The Morgan fingerprint density at radius 1 is 0.951 bits per heavy atom. The Labute approximate surface area is 241 Å². The van der Waals surface area contributed by atoms with E-state index in [9.17, 15) is 14.0 Å². The molecule has 3 aromatic rings. The van der Waals surface area contributed by atoms with Crippen LogP contribution in [0.4, 0.5) is 4.39 Å². The van der Waals surface area contributed by atoms with Gasteiger partial charge in [0.25, 0.3) is 5.91 Å². The quantitative estimate of drug-likeness (QED) is 0.362. The molecular weight excluding hydrogens is 517 g/mol. The summed E-state index contributed by atoms with van der Waals surface area (Å²) in [5, 5.41) is 3.62. The molecule has 2 amide bonds. The molecule has 2 bridgehead atoms. The van der Waals surface area contributed by atoms with Crippen molar-refractivity contribution >= 4 is 17.4 Å². The zero-order valence-electron chi connectivity index (χ0n) is 23.8. The smallest absolute Gasteiger partial charge is 0.251 e. The molecule has 2 heterocycles. The highest BCUT2D eigenvalue weighted by Crippen LogP contribution is 2.34. The molecular formula is C34H38FN3O3. The molecule has 0 radical (unpaired) electrons. The Morgan fingerprint density at radius 3 is 2.39 bits per heavy atom. The lowest BCUT2D eigenvalue weighted by molar-refractivity contribution is -0.132. The van der Waals surface area contributed by atoms with Gasteiger partial charge in [-0.05, 0) is 60.1 Å². The van der Waals surface area contributed by atoms with Crippen LogP contribution in [0.15, 0.2) is 84.4 Å². The second-order valence-corrected chi connectivity index (χ2v) is 11.0. The summed E-state index contributed by atoms with van der Waals surface area (Å²) >= 11 is 0. The zero-order valence-corrected chi connectivity index (χ0v) is 23.8. The third-order valence-corrected chi connectivity index (χ3v) is 8.01. The number of carbonyl (C=O) groups excluding carboxylic acids is 2. The van der Waals surface area contributed by atoms with E-state index in [-0.39, 0.29) is 35.5 Å². The van der Waals surface area contributed by atoms with E-state index in [1.807, 2.05) is 30.1 Å². The van der Waals surface area contributed by atoms with Gasteiger partial charge in [-0.1, -0.05) is 66.7 Å². The standard InChI is InChI=1S/C34H38FN3O3/c1-24(39)38-22-28-21-29(27-16-14-26(15-17-27)11-8-20-41-32-13-7-6-12-30(32)35)33(31(23-38)36-28)34(40)37(2)19-18-25-9-4-3-5-10-25/h3-7,9-10,12-17,28,31,36H,8,11,18-23H2,1-2H3/t28?,31-/m1/s1. The topological polar surface area (TPSA) is 61.9 Å². The van der Waals surface area contributed by atoms with Gasteiger partial charge in [0.05, 0.1) is 12.6 Å². The lowest BCUT2D eigenvalue weighted by atomic mass is 9.82. The van der Waals surface area contributed by atoms with Gasteiger partial charge in [-0.15, -0.1) is 0 Å². The number of para-hydroxylation sites is 1. The van der Waals surface area contributed by atoms with E-state index < -0.39 is 0 Å². The van der Waals surface area contributed by atoms with Crippen molar-refractivity contribution in [3.8, 4) is 5.75 Å². The number of aryl methyl sites for hydroxylation is 1. The van der Waals surface area contributed by atoms with Crippen molar-refractivity contribution < 1.29 is 18.7 Å². The number of hydrogen-bond donors (Lipinski definition) is 1. The molecule has 41 heavy (non-hydrogen) atoms. The van der Waals surface area contributed by atoms with Gasteiger partial charge in [-0.2, -0.15) is 0 Å². The second kappa shape index (κ2) is 13.1. The van der Waals surface area contributed by atoms with Crippen molar-refractivity contribution in [3.63, 3.8) is 0 Å². The minimum atomic E-state index is -0.348. The molecule has 2 atom stereocenters. The highest BCUT2D eigenvalue weighted by atomic mass is 19.1. The summed E-state index contributed by atoms with van der Waals surface area (Å²) in [6.45, 7) is 3.77. The molecule has 0 aliphatic carbocycles. The van der Waals surface area contributed by atoms with E-state index in [0.29, 0.717) is 32.7 Å². The van der Waals surface area contributed by atoms with E-state index in [1.165, 1.54) is 11.6 Å². The molecule has 0 aromatic heterocycles. The maximum absolute atomic E-state index is 13.9. The van der Waals surface area contributed by atoms with Gasteiger partial charge in [0.1, 0.15) is 0 Å². The molecule has 214 valence electrons. The van der Waals surface area contributed by atoms with E-state index in [2.05, 4.69) is 41.7 Å². The van der Waals surface area contributed by atoms with Crippen molar-refractivity contribution in [1.29, 1.82) is 0 Å². The fourth-order valence-electron chi connectivity index (χ4n) is 5.77. The third-order valence-electron chi connectivity index (χ3n) is 8.01. The molecule has 0 spiro atoms. The number of rotatable bonds is 10. The van der Waals surface area contributed by atoms with E-state index in [1.54, 1.807) is 30.0 Å². The molecule has 1 saturated heterocycles. The number of halogens is 1. The van der Waals surface area contributed by atoms with Gasteiger partial charge < -0.3 is 19.9 Å². The SMILES string of the molecule is CC(=O)N1CC2CC(c3ccc(CCCOc4ccccc4F)cc3)=C(C(=O)N(C)CCc3ccccc3)[C@@H](C1)N2. The van der Waals surface area contributed by atoms with Gasteiger partial charge in [0.15, 0.2) is 11.6 Å². The first kappa shape index (κ1) is 28.6. The fourth-order valence-corrected chi connectivity index (χ4v) is 5.77. The number of fused-ring (bicyclic) bond motifs is 2. The van der Waals surface area contributed by atoms with Gasteiger partial charge in [0.2, 0.25) is 5.91 Å². The number of likely N-dealkylation sites (N-methyl/N-ethyl adjacent to an activating group) is 1. The van der Waals surface area contributed by atoms with Crippen LogP contribution in [0.25, 0.3) is 5.57 Å². The maximum Gasteiger partial charge on any atom is 0.251 e. The first-order valence-electron chi connectivity index (χ1n) is 14.4.